The number of ether oxygens (including phenoxy) is 1. The molecule has 8 nitrogen and oxygen atoms in total. The minimum absolute atomic E-state index is 0.105. The smallest absolute Gasteiger partial charge is 0.328 e. The van der Waals surface area contributed by atoms with Crippen molar-refractivity contribution in [1.82, 2.24) is 20.1 Å². The number of aromatic amines is 1. The Bertz CT molecular complexity index is 1430. The number of carbonyl (C=O) groups is 2. The van der Waals surface area contributed by atoms with Crippen molar-refractivity contribution in [3.8, 4) is 23.8 Å². The number of nitrogens with zero attached hydrogens (tertiary/aromatic N) is 2. The van der Waals surface area contributed by atoms with Crippen LogP contribution < -0.4 is 10.1 Å². The Hall–Kier alpha value is -4.03. The first-order chi connectivity index (χ1) is 17.8. The Morgan fingerprint density at radius 2 is 2.14 bits per heavy atom. The van der Waals surface area contributed by atoms with Crippen molar-refractivity contribution in [3.05, 3.63) is 59.0 Å². The Morgan fingerprint density at radius 1 is 1.32 bits per heavy atom. The molecule has 2 aliphatic heterocycles. The molecule has 1 unspecified atom stereocenters. The predicted molar refractivity (Wildman–Crippen MR) is 137 cm³/mol. The Balaban J connectivity index is 1.59. The summed E-state index contributed by atoms with van der Waals surface area (Å²) in [6.07, 6.45) is 6.32. The number of carbonyl (C=O) groups excluding carboxylic acids is 2. The van der Waals surface area contributed by atoms with Crippen LogP contribution in [0.2, 0.25) is 0 Å². The maximum absolute atomic E-state index is 15.5. The Morgan fingerprint density at radius 3 is 2.86 bits per heavy atom. The number of methoxy groups -OCH3 is 1. The minimum Gasteiger partial charge on any atom is -0.508 e. The van der Waals surface area contributed by atoms with E-state index in [0.717, 1.165) is 5.56 Å². The van der Waals surface area contributed by atoms with Crippen LogP contribution in [-0.2, 0) is 17.6 Å². The number of halogens is 1. The second-order valence-corrected chi connectivity index (χ2v) is 9.71. The molecule has 2 aromatic carbocycles. The normalized spacial score (nSPS) is 20.8. The maximum Gasteiger partial charge on any atom is 0.328 e. The van der Waals surface area contributed by atoms with Gasteiger partial charge in [0.25, 0.3) is 5.91 Å². The van der Waals surface area contributed by atoms with E-state index in [1.165, 1.54) is 12.0 Å². The Kier molecular flexibility index (Phi) is 6.30. The van der Waals surface area contributed by atoms with Crippen LogP contribution in [0.4, 0.5) is 9.18 Å². The fourth-order valence-electron chi connectivity index (χ4n) is 5.69. The molecule has 37 heavy (non-hydrogen) atoms. The number of nitrogens with one attached hydrogen (secondary N) is 2. The number of aromatic nitrogens is 1. The minimum atomic E-state index is -1.19. The van der Waals surface area contributed by atoms with Gasteiger partial charge in [0.2, 0.25) is 0 Å². The van der Waals surface area contributed by atoms with Gasteiger partial charge in [0.1, 0.15) is 11.3 Å². The highest BCUT2D eigenvalue weighted by Gasteiger charge is 2.59. The van der Waals surface area contributed by atoms with Crippen molar-refractivity contribution < 1.29 is 23.8 Å². The van der Waals surface area contributed by atoms with Gasteiger partial charge >= 0.3 is 6.03 Å². The third-order valence-electron chi connectivity index (χ3n) is 7.37. The second kappa shape index (κ2) is 9.45. The quantitative estimate of drug-likeness (QED) is 0.248. The lowest BCUT2D eigenvalue weighted by Crippen LogP contribution is -2.53. The molecule has 3 aromatic rings. The molecule has 3 heterocycles. The van der Waals surface area contributed by atoms with E-state index >= 15 is 4.39 Å². The van der Waals surface area contributed by atoms with Crippen LogP contribution in [0, 0.1) is 18.2 Å². The van der Waals surface area contributed by atoms with Gasteiger partial charge in [0, 0.05) is 29.6 Å². The van der Waals surface area contributed by atoms with Gasteiger partial charge in [-0.3, -0.25) is 9.69 Å². The number of benzene rings is 2. The van der Waals surface area contributed by atoms with Crippen molar-refractivity contribution in [3.63, 3.8) is 0 Å². The average Bonchev–Trinajstić information content (AvgIpc) is 3.32. The number of urea groups is 1. The topological polar surface area (TPSA) is 97.9 Å². The molecule has 1 saturated heterocycles. The molecule has 3 amide bonds. The standard InChI is InChI=1S/C28H29FN4O4/c1-4-11-30-12-6-13-32-26(35)28(2)16-19-23-20(9-10-22(37-3)24(23)29)31-25(19)21(33(28)27(32)36)15-17-7-5-8-18(34)14-17/h1,5,7-10,14,21,30-31,34H,6,11-13,15-16H2,2-3H3/t21?,28-/m0/s1. The summed E-state index contributed by atoms with van der Waals surface area (Å²) >= 11 is 0. The summed E-state index contributed by atoms with van der Waals surface area (Å²) in [6.45, 7) is 2.98. The third-order valence-corrected chi connectivity index (χ3v) is 7.37. The molecule has 2 atom stereocenters. The van der Waals surface area contributed by atoms with E-state index in [1.54, 1.807) is 42.2 Å². The maximum atomic E-state index is 15.5. The molecule has 0 saturated carbocycles. The lowest BCUT2D eigenvalue weighted by Gasteiger charge is -2.42. The van der Waals surface area contributed by atoms with E-state index in [4.69, 9.17) is 11.2 Å². The van der Waals surface area contributed by atoms with Crippen LogP contribution in [0.15, 0.2) is 36.4 Å². The molecule has 0 aliphatic carbocycles. The molecule has 0 radical (unpaired) electrons. The molecule has 1 aromatic heterocycles. The number of terminal acetylenes is 1. The predicted octanol–water partition coefficient (Wildman–Crippen LogP) is 3.50. The van der Waals surface area contributed by atoms with Crippen molar-refractivity contribution >= 4 is 22.8 Å². The van der Waals surface area contributed by atoms with Crippen molar-refractivity contribution in [2.45, 2.75) is 37.8 Å². The zero-order valence-corrected chi connectivity index (χ0v) is 20.8. The number of fused-ring (bicyclic) bond motifs is 4. The van der Waals surface area contributed by atoms with Crippen LogP contribution in [0.3, 0.4) is 0 Å². The zero-order valence-electron chi connectivity index (χ0n) is 20.8. The van der Waals surface area contributed by atoms with Crippen LogP contribution in [0.25, 0.3) is 10.9 Å². The molecule has 2 aliphatic rings. The van der Waals surface area contributed by atoms with Crippen LogP contribution in [0.1, 0.15) is 36.2 Å². The first-order valence-corrected chi connectivity index (χ1v) is 12.2. The van der Waals surface area contributed by atoms with Crippen molar-refractivity contribution in [1.29, 1.82) is 0 Å². The average molecular weight is 505 g/mol. The number of H-pyrrole nitrogens is 1. The molecule has 0 spiro atoms. The Labute approximate surface area is 214 Å². The van der Waals surface area contributed by atoms with E-state index in [1.807, 2.05) is 6.07 Å². The first-order valence-electron chi connectivity index (χ1n) is 12.2. The molecule has 0 bridgehead atoms. The third kappa shape index (κ3) is 3.98. The fraction of sp³-hybridized carbons (Fsp3) is 0.357. The largest absolute Gasteiger partial charge is 0.508 e. The zero-order chi connectivity index (χ0) is 26.3. The van der Waals surface area contributed by atoms with E-state index in [-0.39, 0.29) is 36.4 Å². The van der Waals surface area contributed by atoms with Gasteiger partial charge in [0.05, 0.1) is 19.7 Å². The highest BCUT2D eigenvalue weighted by atomic mass is 19.1. The highest BCUT2D eigenvalue weighted by molar-refractivity contribution is 6.08. The van der Waals surface area contributed by atoms with E-state index in [0.29, 0.717) is 48.1 Å². The van der Waals surface area contributed by atoms with E-state index in [9.17, 15) is 14.7 Å². The van der Waals surface area contributed by atoms with Gasteiger partial charge in [-0.25, -0.2) is 9.18 Å². The van der Waals surface area contributed by atoms with Gasteiger partial charge in [-0.2, -0.15) is 0 Å². The number of imide groups is 1. The molecular weight excluding hydrogens is 475 g/mol. The number of amides is 3. The van der Waals surface area contributed by atoms with E-state index in [2.05, 4.69) is 16.2 Å². The van der Waals surface area contributed by atoms with Gasteiger partial charge in [-0.05, 0) is 61.7 Å². The monoisotopic (exact) mass is 504 g/mol. The highest BCUT2D eigenvalue weighted by Crippen LogP contribution is 2.48. The molecule has 192 valence electrons. The van der Waals surface area contributed by atoms with Gasteiger partial charge in [-0.15, -0.1) is 6.42 Å². The molecule has 3 N–H and O–H groups in total. The van der Waals surface area contributed by atoms with Crippen LogP contribution >= 0.6 is 0 Å². The number of rotatable bonds is 8. The number of hydrogen-bond donors (Lipinski definition) is 3. The van der Waals surface area contributed by atoms with Crippen molar-refractivity contribution in [2.75, 3.05) is 26.7 Å². The number of aromatic hydroxyl groups is 1. The van der Waals surface area contributed by atoms with Gasteiger partial charge in [-0.1, -0.05) is 18.1 Å². The summed E-state index contributed by atoms with van der Waals surface area (Å²) in [5, 5.41) is 13.5. The molecule has 5 rings (SSSR count). The lowest BCUT2D eigenvalue weighted by atomic mass is 9.81. The van der Waals surface area contributed by atoms with Gasteiger partial charge < -0.3 is 25.0 Å². The molecular formula is C28H29FN4O4. The summed E-state index contributed by atoms with van der Waals surface area (Å²) in [4.78, 5) is 33.8. The summed E-state index contributed by atoms with van der Waals surface area (Å²) in [5.41, 5.74) is 1.51. The molecule has 9 heteroatoms. The fourth-order valence-corrected chi connectivity index (χ4v) is 5.69. The lowest BCUT2D eigenvalue weighted by molar-refractivity contribution is -0.133. The summed E-state index contributed by atoms with van der Waals surface area (Å²) in [7, 11) is 1.41. The summed E-state index contributed by atoms with van der Waals surface area (Å²) in [6, 6.07) is 9.14. The van der Waals surface area contributed by atoms with Crippen molar-refractivity contribution in [2.24, 2.45) is 0 Å². The SMILES string of the molecule is C#CCNCCCN1C(=O)N2C(Cc3cccc(O)c3)c3[nH]c4ccc(OC)c(F)c4c3C[C@@]2(C)C1=O. The summed E-state index contributed by atoms with van der Waals surface area (Å²) < 4.78 is 20.7. The second-order valence-electron chi connectivity index (χ2n) is 9.71. The number of hydrogen-bond acceptors (Lipinski definition) is 5. The van der Waals surface area contributed by atoms with Crippen LogP contribution in [0.5, 0.6) is 11.5 Å². The first kappa shape index (κ1) is 24.7. The summed E-state index contributed by atoms with van der Waals surface area (Å²) in [5.74, 6) is 1.91. The van der Waals surface area contributed by atoms with Gasteiger partial charge in [0.15, 0.2) is 11.6 Å². The molecule has 1 fully saturated rings. The van der Waals surface area contributed by atoms with E-state index < -0.39 is 17.4 Å². The number of phenols is 1. The number of phenolic OH excluding ortho intramolecular Hbond substituents is 1. The van der Waals surface area contributed by atoms with Crippen LogP contribution in [-0.4, -0.2) is 64.1 Å².